The summed E-state index contributed by atoms with van der Waals surface area (Å²) in [5.41, 5.74) is 5.88. The van der Waals surface area contributed by atoms with Gasteiger partial charge in [-0.15, -0.1) is 6.58 Å². The van der Waals surface area contributed by atoms with Crippen LogP contribution in [0.2, 0.25) is 0 Å². The molecule has 5 aliphatic rings. The smallest absolute Gasteiger partial charge is 0.335 e. The molecule has 5 heteroatoms. The highest BCUT2D eigenvalue weighted by atomic mass is 16.4. The molecule has 4 saturated carbocycles. The summed E-state index contributed by atoms with van der Waals surface area (Å²) in [6.45, 7) is 20.6. The average Bonchev–Trinajstić information content (AvgIpc) is 3.71. The number of aromatic amines is 1. The number of rotatable bonds is 7. The molecule has 256 valence electrons. The van der Waals surface area contributed by atoms with Gasteiger partial charge < -0.3 is 15.4 Å². The number of hydrogen-bond donors (Lipinski definition) is 3. The molecule has 7 unspecified atom stereocenters. The number of nitrogens with zero attached hydrogens (tertiary/aromatic N) is 1. The first kappa shape index (κ1) is 34.2. The van der Waals surface area contributed by atoms with Gasteiger partial charge in [-0.3, -0.25) is 0 Å². The minimum atomic E-state index is -0.851. The van der Waals surface area contributed by atoms with E-state index < -0.39 is 5.97 Å². The number of carbonyl (C=O) groups is 1. The molecule has 1 aromatic carbocycles. The van der Waals surface area contributed by atoms with E-state index in [1.165, 1.54) is 81.2 Å². The van der Waals surface area contributed by atoms with Gasteiger partial charge in [-0.2, -0.15) is 0 Å². The van der Waals surface area contributed by atoms with E-state index in [2.05, 4.69) is 62.6 Å². The number of aromatic nitrogens is 2. The van der Waals surface area contributed by atoms with Gasteiger partial charge in [0.05, 0.1) is 11.9 Å². The number of carboxylic acid groups (broad SMARTS) is 1. The quantitative estimate of drug-likeness (QED) is 0.208. The predicted molar refractivity (Wildman–Crippen MR) is 193 cm³/mol. The summed E-state index contributed by atoms with van der Waals surface area (Å²) in [4.78, 5) is 19.0. The maximum Gasteiger partial charge on any atom is 0.335 e. The van der Waals surface area contributed by atoms with Gasteiger partial charge in [0.2, 0.25) is 0 Å². The Hall–Kier alpha value is -2.66. The SMILES string of the molecule is C=CC.CC1(C)C(c2ccc(C(=O)O)cc2)=CCC2(C)C1CCC1(C)C2CCC2C3CCCC3(CNCCc3cnc[nH]3)CC[C@]21C. The number of carboxylic acids is 1. The van der Waals surface area contributed by atoms with Crippen molar-refractivity contribution in [1.29, 1.82) is 0 Å². The van der Waals surface area contributed by atoms with E-state index in [9.17, 15) is 9.90 Å². The van der Waals surface area contributed by atoms with Crippen LogP contribution in [0.25, 0.3) is 5.57 Å². The molecule has 0 spiro atoms. The molecule has 0 radical (unpaired) electrons. The van der Waals surface area contributed by atoms with Crippen LogP contribution in [0.3, 0.4) is 0 Å². The first-order valence-electron chi connectivity index (χ1n) is 18.7. The van der Waals surface area contributed by atoms with Crippen LogP contribution in [0.4, 0.5) is 0 Å². The van der Waals surface area contributed by atoms with E-state index >= 15 is 0 Å². The minimum Gasteiger partial charge on any atom is -0.478 e. The second-order valence-electron chi connectivity index (χ2n) is 17.4. The number of fused-ring (bicyclic) bond motifs is 7. The van der Waals surface area contributed by atoms with Crippen LogP contribution < -0.4 is 5.32 Å². The van der Waals surface area contributed by atoms with Crippen molar-refractivity contribution in [2.24, 2.45) is 50.7 Å². The third kappa shape index (κ3) is 5.47. The van der Waals surface area contributed by atoms with Gasteiger partial charge in [0.1, 0.15) is 0 Å². The molecule has 8 atom stereocenters. The average molecular weight is 640 g/mol. The lowest BCUT2D eigenvalue weighted by atomic mass is 9.32. The molecule has 2 aromatic rings. The topological polar surface area (TPSA) is 78.0 Å². The van der Waals surface area contributed by atoms with Crippen molar-refractivity contribution in [1.82, 2.24) is 15.3 Å². The third-order valence-electron chi connectivity index (χ3n) is 15.2. The first-order valence-corrected chi connectivity index (χ1v) is 18.7. The van der Waals surface area contributed by atoms with E-state index in [4.69, 9.17) is 0 Å². The summed E-state index contributed by atoms with van der Waals surface area (Å²) < 4.78 is 0. The summed E-state index contributed by atoms with van der Waals surface area (Å²) >= 11 is 0. The van der Waals surface area contributed by atoms with E-state index in [-0.39, 0.29) is 5.41 Å². The number of allylic oxidation sites excluding steroid dienone is 3. The number of aromatic carboxylic acids is 1. The van der Waals surface area contributed by atoms with Crippen molar-refractivity contribution in [3.63, 3.8) is 0 Å². The van der Waals surface area contributed by atoms with Crippen LogP contribution >= 0.6 is 0 Å². The molecule has 5 nitrogen and oxygen atoms in total. The normalized spacial score (nSPS) is 38.4. The number of nitrogens with one attached hydrogen (secondary N) is 2. The van der Waals surface area contributed by atoms with E-state index in [0.29, 0.717) is 33.1 Å². The van der Waals surface area contributed by atoms with Crippen LogP contribution in [0, 0.1) is 50.7 Å². The second kappa shape index (κ2) is 12.7. The Bertz CT molecular complexity index is 1460. The van der Waals surface area contributed by atoms with Crippen molar-refractivity contribution in [3.05, 3.63) is 72.3 Å². The lowest BCUT2D eigenvalue weighted by Gasteiger charge is -2.72. The second-order valence-corrected chi connectivity index (χ2v) is 17.4. The predicted octanol–water partition coefficient (Wildman–Crippen LogP) is 9.98. The fourth-order valence-corrected chi connectivity index (χ4v) is 12.9. The van der Waals surface area contributed by atoms with Crippen molar-refractivity contribution in [2.75, 3.05) is 13.1 Å². The zero-order chi connectivity index (χ0) is 33.7. The minimum absolute atomic E-state index is 0.0614. The molecule has 0 bridgehead atoms. The lowest BCUT2D eigenvalue weighted by molar-refractivity contribution is -0.222. The highest BCUT2D eigenvalue weighted by molar-refractivity contribution is 5.88. The van der Waals surface area contributed by atoms with Crippen molar-refractivity contribution in [2.45, 2.75) is 112 Å². The molecule has 47 heavy (non-hydrogen) atoms. The Kier molecular flexibility index (Phi) is 9.22. The number of benzene rings is 1. The Morgan fingerprint density at radius 2 is 1.72 bits per heavy atom. The Morgan fingerprint density at radius 1 is 0.979 bits per heavy atom. The standard InChI is InChI=1S/C39H55N3O2.C3H6/c1-35(2)29(26-8-10-27(11-9-26)34(43)44)14-18-36(3)32(35)15-19-38(5)33(36)13-12-30-31-7-6-17-39(31,21-20-37(30,38)4)24-40-22-16-28-23-41-25-42-28;1-3-2/h8-11,14,23,25,30-33,40H,6-7,12-13,15-22,24H2,1-5H3,(H,41,42)(H,43,44);3H,1H2,2H3/t30?,31?,32?,33?,36?,37-,38?,39?;/m1./s1. The van der Waals surface area contributed by atoms with E-state index in [1.54, 1.807) is 24.5 Å². The fraction of sp³-hybridized carbons (Fsp3) is 0.667. The molecule has 0 saturated heterocycles. The van der Waals surface area contributed by atoms with Crippen LogP contribution in [-0.2, 0) is 6.42 Å². The molecule has 5 aliphatic carbocycles. The maximum absolute atomic E-state index is 11.5. The Labute approximate surface area is 284 Å². The summed E-state index contributed by atoms with van der Waals surface area (Å²) in [6, 6.07) is 7.65. The first-order chi connectivity index (χ1) is 22.4. The van der Waals surface area contributed by atoms with Gasteiger partial charge in [-0.05, 0) is 139 Å². The van der Waals surface area contributed by atoms with Crippen LogP contribution in [-0.4, -0.2) is 34.1 Å². The van der Waals surface area contributed by atoms with Crippen LogP contribution in [0.5, 0.6) is 0 Å². The highest BCUT2D eigenvalue weighted by Crippen LogP contribution is 2.77. The van der Waals surface area contributed by atoms with Crippen LogP contribution in [0.1, 0.15) is 127 Å². The summed E-state index contributed by atoms with van der Waals surface area (Å²) in [5.74, 6) is 2.26. The molecule has 1 aromatic heterocycles. The number of imidazole rings is 1. The van der Waals surface area contributed by atoms with Crippen molar-refractivity contribution < 1.29 is 9.90 Å². The summed E-state index contributed by atoms with van der Waals surface area (Å²) in [5, 5.41) is 13.4. The monoisotopic (exact) mass is 639 g/mol. The van der Waals surface area contributed by atoms with Crippen LogP contribution in [0.15, 0.2) is 55.5 Å². The van der Waals surface area contributed by atoms with Gasteiger partial charge in [0.15, 0.2) is 0 Å². The summed E-state index contributed by atoms with van der Waals surface area (Å²) in [7, 11) is 0. The number of H-pyrrole nitrogens is 1. The zero-order valence-corrected chi connectivity index (χ0v) is 30.1. The molecule has 4 fully saturated rings. The molecular weight excluding hydrogens is 578 g/mol. The maximum atomic E-state index is 11.5. The molecule has 7 rings (SSSR count). The van der Waals surface area contributed by atoms with Gasteiger partial charge in [-0.1, -0.05) is 65.3 Å². The van der Waals surface area contributed by atoms with Gasteiger partial charge in [0, 0.05) is 31.4 Å². The largest absolute Gasteiger partial charge is 0.478 e. The Balaban J connectivity index is 0.00000124. The van der Waals surface area contributed by atoms with Gasteiger partial charge in [0.25, 0.3) is 0 Å². The van der Waals surface area contributed by atoms with Gasteiger partial charge in [-0.25, -0.2) is 9.78 Å². The lowest BCUT2D eigenvalue weighted by Crippen LogP contribution is -2.65. The molecule has 0 aliphatic heterocycles. The van der Waals surface area contributed by atoms with E-state index in [1.807, 2.05) is 25.3 Å². The van der Waals surface area contributed by atoms with Crippen molar-refractivity contribution in [3.8, 4) is 0 Å². The molecule has 0 amide bonds. The third-order valence-corrected chi connectivity index (χ3v) is 15.2. The summed E-state index contributed by atoms with van der Waals surface area (Å²) in [6.07, 6.45) is 22.7. The highest BCUT2D eigenvalue weighted by Gasteiger charge is 2.69. The van der Waals surface area contributed by atoms with Crippen molar-refractivity contribution >= 4 is 11.5 Å². The van der Waals surface area contributed by atoms with E-state index in [0.717, 1.165) is 37.1 Å². The molecule has 1 heterocycles. The zero-order valence-electron chi connectivity index (χ0n) is 30.1. The Morgan fingerprint density at radius 3 is 2.40 bits per heavy atom. The van der Waals surface area contributed by atoms with Gasteiger partial charge >= 0.3 is 5.97 Å². The molecular formula is C42H61N3O2. The number of hydrogen-bond acceptors (Lipinski definition) is 3. The molecule has 3 N–H and O–H groups in total. The fourth-order valence-electron chi connectivity index (χ4n) is 12.9.